The van der Waals surface area contributed by atoms with E-state index in [1.807, 2.05) is 0 Å². The van der Waals surface area contributed by atoms with E-state index >= 15 is 0 Å². The van der Waals surface area contributed by atoms with Crippen LogP contribution in [0.3, 0.4) is 0 Å². The van der Waals surface area contributed by atoms with Crippen molar-refractivity contribution in [2.45, 2.75) is 45.2 Å². The Hall–Kier alpha value is -1.61. The van der Waals surface area contributed by atoms with E-state index in [1.54, 1.807) is 0 Å². The van der Waals surface area contributed by atoms with Crippen LogP contribution in [0.25, 0.3) is 17.0 Å². The van der Waals surface area contributed by atoms with Crippen molar-refractivity contribution in [3.8, 4) is 0 Å². The SMILES string of the molecule is CCn1nc(C=C2CCCC(N)C2)c2ccccc21. The molecule has 1 aliphatic rings. The predicted octanol–water partition coefficient (Wildman–Crippen LogP) is 3.34. The van der Waals surface area contributed by atoms with Crippen LogP contribution in [0.15, 0.2) is 29.8 Å². The highest BCUT2D eigenvalue weighted by Gasteiger charge is 2.14. The van der Waals surface area contributed by atoms with Crippen LogP contribution in [0.4, 0.5) is 0 Å². The van der Waals surface area contributed by atoms with Gasteiger partial charge in [0.2, 0.25) is 0 Å². The molecule has 1 aromatic carbocycles. The van der Waals surface area contributed by atoms with Crippen LogP contribution < -0.4 is 5.73 Å². The summed E-state index contributed by atoms with van der Waals surface area (Å²) in [5.41, 5.74) is 9.82. The van der Waals surface area contributed by atoms with Crippen LogP contribution in [-0.2, 0) is 6.54 Å². The monoisotopic (exact) mass is 255 g/mol. The summed E-state index contributed by atoms with van der Waals surface area (Å²) < 4.78 is 2.07. The van der Waals surface area contributed by atoms with Crippen LogP contribution in [0.2, 0.25) is 0 Å². The number of fused-ring (bicyclic) bond motifs is 1. The quantitative estimate of drug-likeness (QED) is 0.894. The molecule has 0 saturated heterocycles. The fourth-order valence-corrected chi connectivity index (χ4v) is 2.96. The Kier molecular flexibility index (Phi) is 3.38. The summed E-state index contributed by atoms with van der Waals surface area (Å²) in [5, 5.41) is 5.97. The van der Waals surface area contributed by atoms with Crippen molar-refractivity contribution in [2.75, 3.05) is 0 Å². The number of para-hydroxylation sites is 1. The number of nitrogens with zero attached hydrogens (tertiary/aromatic N) is 2. The second kappa shape index (κ2) is 5.17. The molecule has 3 nitrogen and oxygen atoms in total. The summed E-state index contributed by atoms with van der Waals surface area (Å²) in [6, 6.07) is 8.78. The summed E-state index contributed by atoms with van der Waals surface area (Å²) in [5.74, 6) is 0. The maximum atomic E-state index is 6.06. The lowest BCUT2D eigenvalue weighted by Gasteiger charge is -2.20. The Morgan fingerprint density at radius 1 is 1.42 bits per heavy atom. The molecule has 3 rings (SSSR count). The van der Waals surface area contributed by atoms with E-state index in [2.05, 4.69) is 41.9 Å². The minimum atomic E-state index is 0.333. The minimum Gasteiger partial charge on any atom is -0.327 e. The van der Waals surface area contributed by atoms with E-state index < -0.39 is 0 Å². The van der Waals surface area contributed by atoms with Gasteiger partial charge in [0.15, 0.2) is 0 Å². The number of aryl methyl sites for hydroxylation is 1. The number of hydrogen-bond donors (Lipinski definition) is 1. The summed E-state index contributed by atoms with van der Waals surface area (Å²) in [4.78, 5) is 0. The zero-order chi connectivity index (χ0) is 13.2. The van der Waals surface area contributed by atoms with E-state index in [1.165, 1.54) is 29.3 Å². The smallest absolute Gasteiger partial charge is 0.0929 e. The predicted molar refractivity (Wildman–Crippen MR) is 79.8 cm³/mol. The van der Waals surface area contributed by atoms with Crippen molar-refractivity contribution in [2.24, 2.45) is 5.73 Å². The second-order valence-electron chi connectivity index (χ2n) is 5.38. The van der Waals surface area contributed by atoms with E-state index in [0.29, 0.717) is 6.04 Å². The van der Waals surface area contributed by atoms with Gasteiger partial charge in [0, 0.05) is 18.0 Å². The average molecular weight is 255 g/mol. The fraction of sp³-hybridized carbons (Fsp3) is 0.438. The number of benzene rings is 1. The van der Waals surface area contributed by atoms with Gasteiger partial charge in [0.1, 0.15) is 0 Å². The lowest BCUT2D eigenvalue weighted by Crippen LogP contribution is -2.23. The van der Waals surface area contributed by atoms with Gasteiger partial charge in [-0.15, -0.1) is 0 Å². The molecular weight excluding hydrogens is 234 g/mol. The number of rotatable bonds is 2. The molecule has 2 N–H and O–H groups in total. The molecule has 0 radical (unpaired) electrons. The lowest BCUT2D eigenvalue weighted by molar-refractivity contribution is 0.520. The van der Waals surface area contributed by atoms with E-state index in [4.69, 9.17) is 10.8 Å². The zero-order valence-electron chi connectivity index (χ0n) is 11.5. The molecule has 0 amide bonds. The zero-order valence-corrected chi connectivity index (χ0v) is 11.5. The first kappa shape index (κ1) is 12.4. The molecule has 1 atom stereocenters. The highest BCUT2D eigenvalue weighted by Crippen LogP contribution is 2.27. The van der Waals surface area contributed by atoms with Gasteiger partial charge in [-0.2, -0.15) is 5.10 Å². The third kappa shape index (κ3) is 2.43. The molecule has 0 aliphatic heterocycles. The molecule has 19 heavy (non-hydrogen) atoms. The third-order valence-electron chi connectivity index (χ3n) is 3.92. The molecule has 0 spiro atoms. The van der Waals surface area contributed by atoms with Crippen molar-refractivity contribution < 1.29 is 0 Å². The van der Waals surface area contributed by atoms with Gasteiger partial charge in [0.05, 0.1) is 11.2 Å². The molecule has 1 saturated carbocycles. The van der Waals surface area contributed by atoms with Gasteiger partial charge in [-0.1, -0.05) is 23.8 Å². The number of nitrogens with two attached hydrogens (primary N) is 1. The van der Waals surface area contributed by atoms with Gasteiger partial charge in [-0.25, -0.2) is 0 Å². The summed E-state index contributed by atoms with van der Waals surface area (Å²) in [6.07, 6.45) is 6.81. The first-order chi connectivity index (χ1) is 9.28. The van der Waals surface area contributed by atoms with Crippen molar-refractivity contribution in [1.82, 2.24) is 9.78 Å². The highest BCUT2D eigenvalue weighted by molar-refractivity contribution is 5.87. The van der Waals surface area contributed by atoms with Crippen LogP contribution in [0, 0.1) is 0 Å². The number of hydrogen-bond acceptors (Lipinski definition) is 2. The second-order valence-corrected chi connectivity index (χ2v) is 5.38. The van der Waals surface area contributed by atoms with Crippen LogP contribution >= 0.6 is 0 Å². The molecule has 0 bridgehead atoms. The molecule has 1 aromatic heterocycles. The Balaban J connectivity index is 2.03. The molecule has 3 heteroatoms. The molecule has 1 unspecified atom stereocenters. The lowest BCUT2D eigenvalue weighted by atomic mass is 9.90. The summed E-state index contributed by atoms with van der Waals surface area (Å²) in [7, 11) is 0. The molecule has 1 aliphatic carbocycles. The topological polar surface area (TPSA) is 43.8 Å². The maximum Gasteiger partial charge on any atom is 0.0929 e. The van der Waals surface area contributed by atoms with Crippen molar-refractivity contribution in [3.63, 3.8) is 0 Å². The number of aromatic nitrogens is 2. The van der Waals surface area contributed by atoms with Gasteiger partial charge in [0.25, 0.3) is 0 Å². The van der Waals surface area contributed by atoms with Crippen molar-refractivity contribution >= 4 is 17.0 Å². The van der Waals surface area contributed by atoms with Crippen LogP contribution in [0.5, 0.6) is 0 Å². The largest absolute Gasteiger partial charge is 0.327 e. The van der Waals surface area contributed by atoms with Crippen molar-refractivity contribution in [1.29, 1.82) is 0 Å². The summed E-state index contributed by atoms with van der Waals surface area (Å²) in [6.45, 7) is 3.04. The fourth-order valence-electron chi connectivity index (χ4n) is 2.96. The van der Waals surface area contributed by atoms with E-state index in [-0.39, 0.29) is 0 Å². The standard InChI is InChI=1S/C16H21N3/c1-2-19-16-9-4-3-8-14(16)15(18-19)11-12-6-5-7-13(17)10-12/h3-4,8-9,11,13H,2,5-7,10,17H2,1H3. The highest BCUT2D eigenvalue weighted by atomic mass is 15.3. The van der Waals surface area contributed by atoms with Gasteiger partial charge in [-0.05, 0) is 44.7 Å². The Labute approximate surface area is 114 Å². The summed E-state index contributed by atoms with van der Waals surface area (Å²) >= 11 is 0. The van der Waals surface area contributed by atoms with E-state index in [0.717, 1.165) is 25.1 Å². The molecular formula is C16H21N3. The molecule has 1 heterocycles. The van der Waals surface area contributed by atoms with Gasteiger partial charge < -0.3 is 5.73 Å². The maximum absolute atomic E-state index is 6.06. The first-order valence-corrected chi connectivity index (χ1v) is 7.18. The van der Waals surface area contributed by atoms with Crippen LogP contribution in [-0.4, -0.2) is 15.8 Å². The van der Waals surface area contributed by atoms with Gasteiger partial charge in [-0.3, -0.25) is 4.68 Å². The van der Waals surface area contributed by atoms with E-state index in [9.17, 15) is 0 Å². The molecule has 1 fully saturated rings. The molecule has 100 valence electrons. The molecule has 2 aromatic rings. The van der Waals surface area contributed by atoms with Crippen LogP contribution in [0.1, 0.15) is 38.3 Å². The minimum absolute atomic E-state index is 0.333. The third-order valence-corrected chi connectivity index (χ3v) is 3.92. The normalized spacial score (nSPS) is 22.2. The van der Waals surface area contributed by atoms with Gasteiger partial charge >= 0.3 is 0 Å². The average Bonchev–Trinajstić information content (AvgIpc) is 2.77. The van der Waals surface area contributed by atoms with Crippen molar-refractivity contribution in [3.05, 3.63) is 35.5 Å². The first-order valence-electron chi connectivity index (χ1n) is 7.18. The Morgan fingerprint density at radius 2 is 2.26 bits per heavy atom. The Bertz CT molecular complexity index is 609. The Morgan fingerprint density at radius 3 is 3.05 bits per heavy atom.